The summed E-state index contributed by atoms with van der Waals surface area (Å²) < 4.78 is 0. The van der Waals surface area contributed by atoms with Gasteiger partial charge in [0.05, 0.1) is 6.04 Å². The topological polar surface area (TPSA) is 37.8 Å². The van der Waals surface area contributed by atoms with Gasteiger partial charge >= 0.3 is 0 Å². The van der Waals surface area contributed by atoms with Crippen molar-refractivity contribution in [1.82, 2.24) is 9.97 Å². The first kappa shape index (κ1) is 11.8. The Morgan fingerprint density at radius 2 is 2.07 bits per heavy atom. The Morgan fingerprint density at radius 1 is 1.40 bits per heavy atom. The number of hydrogen-bond acceptors (Lipinski definition) is 3. The Bertz CT molecular complexity index is 382. The summed E-state index contributed by atoms with van der Waals surface area (Å²) in [6, 6.07) is 1.59. The molecule has 1 atom stereocenters. The molecule has 1 N–H and O–H groups in total. The van der Waals surface area contributed by atoms with Crippen molar-refractivity contribution in [3.05, 3.63) is 17.0 Å². The maximum atomic E-state index is 5.88. The fourth-order valence-electron chi connectivity index (χ4n) is 1.03. The third-order valence-electron chi connectivity index (χ3n) is 1.84. The average Bonchev–Trinajstić information content (AvgIpc) is 2.16. The number of aromatic nitrogens is 2. The lowest BCUT2D eigenvalue weighted by Gasteiger charge is -2.11. The Morgan fingerprint density at radius 3 is 2.60 bits per heavy atom. The lowest BCUT2D eigenvalue weighted by molar-refractivity contribution is 0.773. The van der Waals surface area contributed by atoms with Crippen LogP contribution in [0.5, 0.6) is 0 Å². The fourth-order valence-corrected chi connectivity index (χ4v) is 1.22. The van der Waals surface area contributed by atoms with E-state index in [-0.39, 0.29) is 12.0 Å². The number of anilines is 1. The van der Waals surface area contributed by atoms with Crippen molar-refractivity contribution >= 4 is 17.4 Å². The molecule has 0 bridgehead atoms. The van der Waals surface area contributed by atoms with Crippen LogP contribution in [-0.2, 0) is 0 Å². The number of nitrogens with one attached hydrogen (secondary N) is 1. The molecule has 0 aliphatic rings. The molecule has 15 heavy (non-hydrogen) atoms. The van der Waals surface area contributed by atoms with E-state index in [1.165, 1.54) is 0 Å². The monoisotopic (exact) mass is 223 g/mol. The highest BCUT2D eigenvalue weighted by molar-refractivity contribution is 6.29. The van der Waals surface area contributed by atoms with Gasteiger partial charge in [-0.1, -0.05) is 31.4 Å². The van der Waals surface area contributed by atoms with Crippen molar-refractivity contribution in [3.63, 3.8) is 0 Å². The summed E-state index contributed by atoms with van der Waals surface area (Å²) in [6.07, 6.45) is 5.27. The average molecular weight is 224 g/mol. The van der Waals surface area contributed by atoms with E-state index in [0.29, 0.717) is 16.8 Å². The molecule has 1 rings (SSSR count). The minimum atomic E-state index is -0.0732. The van der Waals surface area contributed by atoms with E-state index >= 15 is 0 Å². The minimum absolute atomic E-state index is 0.0732. The molecule has 0 aromatic carbocycles. The first-order valence-electron chi connectivity index (χ1n) is 4.80. The minimum Gasteiger partial charge on any atom is -0.357 e. The predicted octanol–water partition coefficient (Wildman–Crippen LogP) is 2.69. The van der Waals surface area contributed by atoms with Gasteiger partial charge in [-0.3, -0.25) is 0 Å². The summed E-state index contributed by atoms with van der Waals surface area (Å²) in [5.41, 5.74) is 0. The molecule has 1 unspecified atom stereocenters. The zero-order valence-electron chi connectivity index (χ0n) is 9.08. The molecule has 0 fully saturated rings. The van der Waals surface area contributed by atoms with Gasteiger partial charge in [0, 0.05) is 12.0 Å². The number of terminal acetylenes is 1. The third kappa shape index (κ3) is 3.41. The predicted molar refractivity (Wildman–Crippen MR) is 63.0 cm³/mol. The highest BCUT2D eigenvalue weighted by Gasteiger charge is 2.07. The van der Waals surface area contributed by atoms with Gasteiger partial charge < -0.3 is 5.32 Å². The molecule has 1 aromatic rings. The quantitative estimate of drug-likeness (QED) is 0.633. The van der Waals surface area contributed by atoms with Gasteiger partial charge in [0.1, 0.15) is 16.8 Å². The summed E-state index contributed by atoms with van der Waals surface area (Å²) in [4.78, 5) is 8.45. The molecule has 1 heterocycles. The molecule has 3 nitrogen and oxygen atoms in total. The maximum absolute atomic E-state index is 5.88. The van der Waals surface area contributed by atoms with Gasteiger partial charge in [0.25, 0.3) is 0 Å². The van der Waals surface area contributed by atoms with Crippen LogP contribution in [-0.4, -0.2) is 16.0 Å². The van der Waals surface area contributed by atoms with Crippen LogP contribution in [0.2, 0.25) is 5.15 Å². The molecular weight excluding hydrogens is 210 g/mol. The molecule has 4 heteroatoms. The molecule has 0 saturated heterocycles. The van der Waals surface area contributed by atoms with Crippen molar-refractivity contribution < 1.29 is 0 Å². The number of rotatable bonds is 3. The zero-order chi connectivity index (χ0) is 11.4. The Labute approximate surface area is 95.3 Å². The summed E-state index contributed by atoms with van der Waals surface area (Å²) in [6.45, 7) is 5.91. The van der Waals surface area contributed by atoms with E-state index in [2.05, 4.69) is 21.2 Å². The molecule has 1 aromatic heterocycles. The number of nitrogens with zero attached hydrogens (tertiary/aromatic N) is 2. The molecule has 0 amide bonds. The molecule has 0 aliphatic heterocycles. The Balaban J connectivity index is 2.95. The van der Waals surface area contributed by atoms with Gasteiger partial charge in [-0.05, 0) is 6.92 Å². The lowest BCUT2D eigenvalue weighted by atomic mass is 10.2. The molecule has 80 valence electrons. The highest BCUT2D eigenvalue weighted by Crippen LogP contribution is 2.17. The second kappa shape index (κ2) is 4.99. The van der Waals surface area contributed by atoms with Crippen LogP contribution in [0.4, 0.5) is 5.82 Å². The van der Waals surface area contributed by atoms with Crippen LogP contribution in [0.3, 0.4) is 0 Å². The summed E-state index contributed by atoms with van der Waals surface area (Å²) >= 11 is 5.88. The van der Waals surface area contributed by atoms with Crippen molar-refractivity contribution in [2.75, 3.05) is 5.32 Å². The largest absolute Gasteiger partial charge is 0.357 e. The van der Waals surface area contributed by atoms with E-state index in [0.717, 1.165) is 0 Å². The zero-order valence-corrected chi connectivity index (χ0v) is 9.84. The van der Waals surface area contributed by atoms with E-state index < -0.39 is 0 Å². The van der Waals surface area contributed by atoms with Gasteiger partial charge in [0.15, 0.2) is 0 Å². The van der Waals surface area contributed by atoms with E-state index in [1.807, 2.05) is 20.8 Å². The highest BCUT2D eigenvalue weighted by atomic mass is 35.5. The van der Waals surface area contributed by atoms with Crippen LogP contribution < -0.4 is 5.32 Å². The van der Waals surface area contributed by atoms with Crippen molar-refractivity contribution in [1.29, 1.82) is 0 Å². The summed E-state index contributed by atoms with van der Waals surface area (Å²) in [5, 5.41) is 3.49. The molecule has 0 radical (unpaired) electrons. The number of halogens is 1. The Hall–Kier alpha value is -1.27. The Kier molecular flexibility index (Phi) is 3.93. The number of hydrogen-bond donors (Lipinski definition) is 1. The van der Waals surface area contributed by atoms with Crippen molar-refractivity contribution in [3.8, 4) is 12.3 Å². The lowest BCUT2D eigenvalue weighted by Crippen LogP contribution is -2.14. The second-order valence-corrected chi connectivity index (χ2v) is 4.01. The third-order valence-corrected chi connectivity index (χ3v) is 2.04. The van der Waals surface area contributed by atoms with Crippen LogP contribution in [0, 0.1) is 12.3 Å². The first-order chi connectivity index (χ1) is 7.02. The van der Waals surface area contributed by atoms with Gasteiger partial charge in [-0.15, -0.1) is 6.42 Å². The summed E-state index contributed by atoms with van der Waals surface area (Å²) in [5.74, 6) is 4.20. The summed E-state index contributed by atoms with van der Waals surface area (Å²) in [7, 11) is 0. The van der Waals surface area contributed by atoms with Crippen LogP contribution in [0.1, 0.15) is 32.5 Å². The SMILES string of the molecule is C#CC(C)Nc1cc(Cl)nc(C(C)C)n1. The van der Waals surface area contributed by atoms with Crippen LogP contribution in [0.15, 0.2) is 6.07 Å². The van der Waals surface area contributed by atoms with Crippen LogP contribution in [0.25, 0.3) is 0 Å². The van der Waals surface area contributed by atoms with Crippen molar-refractivity contribution in [2.45, 2.75) is 32.7 Å². The van der Waals surface area contributed by atoms with Gasteiger partial charge in [-0.2, -0.15) is 0 Å². The van der Waals surface area contributed by atoms with Crippen molar-refractivity contribution in [2.24, 2.45) is 0 Å². The van der Waals surface area contributed by atoms with E-state index in [4.69, 9.17) is 18.0 Å². The van der Waals surface area contributed by atoms with E-state index in [1.54, 1.807) is 6.07 Å². The normalized spacial score (nSPS) is 12.3. The maximum Gasteiger partial charge on any atom is 0.135 e. The van der Waals surface area contributed by atoms with Crippen LogP contribution >= 0.6 is 11.6 Å². The fraction of sp³-hybridized carbons (Fsp3) is 0.455. The van der Waals surface area contributed by atoms with E-state index in [9.17, 15) is 0 Å². The molecule has 0 aliphatic carbocycles. The van der Waals surface area contributed by atoms with Gasteiger partial charge in [-0.25, -0.2) is 9.97 Å². The molecule has 0 saturated carbocycles. The second-order valence-electron chi connectivity index (χ2n) is 3.62. The first-order valence-corrected chi connectivity index (χ1v) is 5.18. The van der Waals surface area contributed by atoms with Gasteiger partial charge in [0.2, 0.25) is 0 Å². The smallest absolute Gasteiger partial charge is 0.135 e. The molecular formula is C11H14ClN3. The standard InChI is InChI=1S/C11H14ClN3/c1-5-8(4)13-10-6-9(12)14-11(15-10)7(2)3/h1,6-8H,2-4H3,(H,13,14,15). The molecule has 0 spiro atoms.